The topological polar surface area (TPSA) is 71.1 Å². The number of carbonyl (C=O) groups is 2. The minimum absolute atomic E-state index is 0.0571. The van der Waals surface area contributed by atoms with Crippen LogP contribution in [0.4, 0.5) is 5.69 Å². The summed E-state index contributed by atoms with van der Waals surface area (Å²) in [5.74, 6) is 0.952. The molecule has 0 saturated carbocycles. The van der Waals surface area contributed by atoms with E-state index in [0.717, 1.165) is 5.69 Å². The van der Waals surface area contributed by atoms with Crippen molar-refractivity contribution < 1.29 is 19.1 Å². The third-order valence-electron chi connectivity index (χ3n) is 4.78. The molecule has 1 fully saturated rings. The molecule has 154 valence electrons. The zero-order chi connectivity index (χ0) is 20.8. The minimum atomic E-state index is -0.0810. The molecular weight excluding hydrogens is 438 g/mol. The standard InChI is InChI=1S/C21H24BrN3O4/c1-28-17-12-15(13-18(29-2)20(17)22)21(27)25-10-8-24(9-11-25)14-19(26)23-16-6-4-3-5-7-16/h3-7,12-13H,8-11,14H2,1-2H3,(H,23,26). The van der Waals surface area contributed by atoms with Crippen LogP contribution in [0.15, 0.2) is 46.9 Å². The number of amides is 2. The Bertz CT molecular complexity index is 842. The summed E-state index contributed by atoms with van der Waals surface area (Å²) in [6, 6.07) is 12.8. The van der Waals surface area contributed by atoms with E-state index in [1.165, 1.54) is 0 Å². The maximum absolute atomic E-state index is 12.9. The highest BCUT2D eigenvalue weighted by molar-refractivity contribution is 9.10. The number of carbonyl (C=O) groups excluding carboxylic acids is 2. The number of para-hydroxylation sites is 1. The number of methoxy groups -OCH3 is 2. The van der Waals surface area contributed by atoms with Crippen molar-refractivity contribution in [2.45, 2.75) is 0 Å². The van der Waals surface area contributed by atoms with Crippen LogP contribution >= 0.6 is 15.9 Å². The number of ether oxygens (including phenoxy) is 2. The lowest BCUT2D eigenvalue weighted by molar-refractivity contribution is -0.117. The fourth-order valence-corrected chi connectivity index (χ4v) is 3.76. The third kappa shape index (κ3) is 5.27. The van der Waals surface area contributed by atoms with Gasteiger partial charge < -0.3 is 19.7 Å². The van der Waals surface area contributed by atoms with Gasteiger partial charge in [-0.05, 0) is 40.2 Å². The Labute approximate surface area is 178 Å². The molecule has 8 heteroatoms. The second-order valence-electron chi connectivity index (χ2n) is 6.68. The van der Waals surface area contributed by atoms with Crippen LogP contribution in [0, 0.1) is 0 Å². The SMILES string of the molecule is COc1cc(C(=O)N2CCN(CC(=O)Nc3ccccc3)CC2)cc(OC)c1Br. The molecule has 0 spiro atoms. The molecule has 3 rings (SSSR count). The molecule has 1 aliphatic heterocycles. The van der Waals surface area contributed by atoms with Gasteiger partial charge in [0.05, 0.1) is 20.8 Å². The fourth-order valence-electron chi connectivity index (χ4n) is 3.21. The molecule has 0 aliphatic carbocycles. The second kappa shape index (κ2) is 9.76. The molecular formula is C21H24BrN3O4. The molecule has 29 heavy (non-hydrogen) atoms. The van der Waals surface area contributed by atoms with Crippen LogP contribution in [0.2, 0.25) is 0 Å². The summed E-state index contributed by atoms with van der Waals surface area (Å²) >= 11 is 3.42. The Morgan fingerprint density at radius 3 is 2.14 bits per heavy atom. The number of halogens is 1. The molecule has 1 N–H and O–H groups in total. The number of rotatable bonds is 6. The highest BCUT2D eigenvalue weighted by atomic mass is 79.9. The van der Waals surface area contributed by atoms with Crippen molar-refractivity contribution >= 4 is 33.4 Å². The Balaban J connectivity index is 1.56. The highest BCUT2D eigenvalue weighted by Gasteiger charge is 2.25. The average Bonchev–Trinajstić information content (AvgIpc) is 2.74. The zero-order valence-electron chi connectivity index (χ0n) is 16.5. The summed E-state index contributed by atoms with van der Waals surface area (Å²) in [4.78, 5) is 29.0. The highest BCUT2D eigenvalue weighted by Crippen LogP contribution is 2.36. The number of nitrogens with zero attached hydrogens (tertiary/aromatic N) is 2. The average molecular weight is 462 g/mol. The number of anilines is 1. The van der Waals surface area contributed by atoms with E-state index in [1.54, 1.807) is 31.3 Å². The summed E-state index contributed by atoms with van der Waals surface area (Å²) in [7, 11) is 3.10. The Morgan fingerprint density at radius 1 is 1.00 bits per heavy atom. The number of piperazine rings is 1. The maximum Gasteiger partial charge on any atom is 0.254 e. The molecule has 2 aromatic carbocycles. The van der Waals surface area contributed by atoms with Crippen LogP contribution < -0.4 is 14.8 Å². The molecule has 0 bridgehead atoms. The fraction of sp³-hybridized carbons (Fsp3) is 0.333. The van der Waals surface area contributed by atoms with Gasteiger partial charge in [0.1, 0.15) is 16.0 Å². The lowest BCUT2D eigenvalue weighted by Crippen LogP contribution is -2.50. The van der Waals surface area contributed by atoms with Crippen LogP contribution in [0.5, 0.6) is 11.5 Å². The van der Waals surface area contributed by atoms with E-state index in [9.17, 15) is 9.59 Å². The van der Waals surface area contributed by atoms with E-state index >= 15 is 0 Å². The molecule has 2 amide bonds. The summed E-state index contributed by atoms with van der Waals surface area (Å²) in [6.07, 6.45) is 0. The van der Waals surface area contributed by atoms with Gasteiger partial charge >= 0.3 is 0 Å². The van der Waals surface area contributed by atoms with Crippen molar-refractivity contribution in [2.75, 3.05) is 52.3 Å². The van der Waals surface area contributed by atoms with Gasteiger partial charge in [-0.2, -0.15) is 0 Å². The van der Waals surface area contributed by atoms with Crippen molar-refractivity contribution in [3.63, 3.8) is 0 Å². The predicted molar refractivity (Wildman–Crippen MR) is 115 cm³/mol. The summed E-state index contributed by atoms with van der Waals surface area (Å²) < 4.78 is 11.3. The number of nitrogens with one attached hydrogen (secondary N) is 1. The number of benzene rings is 2. The Hall–Kier alpha value is -2.58. The molecule has 2 aromatic rings. The first-order valence-corrected chi connectivity index (χ1v) is 10.1. The molecule has 1 heterocycles. The molecule has 1 saturated heterocycles. The van der Waals surface area contributed by atoms with Crippen molar-refractivity contribution in [3.8, 4) is 11.5 Å². The van der Waals surface area contributed by atoms with E-state index in [4.69, 9.17) is 9.47 Å². The lowest BCUT2D eigenvalue weighted by atomic mass is 10.1. The minimum Gasteiger partial charge on any atom is -0.495 e. The van der Waals surface area contributed by atoms with Gasteiger partial charge in [-0.25, -0.2) is 0 Å². The predicted octanol–water partition coefficient (Wildman–Crippen LogP) is 2.86. The van der Waals surface area contributed by atoms with Gasteiger partial charge in [-0.1, -0.05) is 18.2 Å². The first-order valence-electron chi connectivity index (χ1n) is 9.30. The molecule has 7 nitrogen and oxygen atoms in total. The van der Waals surface area contributed by atoms with Gasteiger partial charge in [0, 0.05) is 37.4 Å². The monoisotopic (exact) mass is 461 g/mol. The molecule has 0 unspecified atom stereocenters. The van der Waals surface area contributed by atoms with Crippen molar-refractivity contribution in [2.24, 2.45) is 0 Å². The Morgan fingerprint density at radius 2 is 1.59 bits per heavy atom. The normalized spacial score (nSPS) is 14.4. The van der Waals surface area contributed by atoms with Crippen LogP contribution in [0.1, 0.15) is 10.4 Å². The smallest absolute Gasteiger partial charge is 0.254 e. The molecule has 1 aliphatic rings. The zero-order valence-corrected chi connectivity index (χ0v) is 18.1. The maximum atomic E-state index is 12.9. The lowest BCUT2D eigenvalue weighted by Gasteiger charge is -2.34. The van der Waals surface area contributed by atoms with Crippen molar-refractivity contribution in [1.82, 2.24) is 9.80 Å². The summed E-state index contributed by atoms with van der Waals surface area (Å²) in [5, 5.41) is 2.89. The number of hydrogen-bond acceptors (Lipinski definition) is 5. The van der Waals surface area contributed by atoms with Crippen LogP contribution in [0.25, 0.3) is 0 Å². The van der Waals surface area contributed by atoms with Gasteiger partial charge in [0.25, 0.3) is 5.91 Å². The first-order chi connectivity index (χ1) is 14.0. The van der Waals surface area contributed by atoms with Crippen molar-refractivity contribution in [3.05, 3.63) is 52.5 Å². The van der Waals surface area contributed by atoms with Crippen molar-refractivity contribution in [1.29, 1.82) is 0 Å². The summed E-state index contributed by atoms with van der Waals surface area (Å²) in [5.41, 5.74) is 1.29. The second-order valence-corrected chi connectivity index (χ2v) is 7.47. The molecule has 0 radical (unpaired) electrons. The van der Waals surface area contributed by atoms with E-state index in [0.29, 0.717) is 54.3 Å². The van der Waals surface area contributed by atoms with Crippen LogP contribution in [-0.2, 0) is 4.79 Å². The number of hydrogen-bond donors (Lipinski definition) is 1. The van der Waals surface area contributed by atoms with Gasteiger partial charge in [-0.3, -0.25) is 14.5 Å². The van der Waals surface area contributed by atoms with Gasteiger partial charge in [0.15, 0.2) is 0 Å². The van der Waals surface area contributed by atoms with E-state index in [2.05, 4.69) is 21.2 Å². The third-order valence-corrected chi connectivity index (χ3v) is 5.56. The first kappa shape index (κ1) is 21.1. The van der Waals surface area contributed by atoms with Crippen LogP contribution in [0.3, 0.4) is 0 Å². The van der Waals surface area contributed by atoms with E-state index in [1.807, 2.05) is 35.2 Å². The van der Waals surface area contributed by atoms with Crippen LogP contribution in [-0.4, -0.2) is 68.6 Å². The van der Waals surface area contributed by atoms with Gasteiger partial charge in [0.2, 0.25) is 5.91 Å². The van der Waals surface area contributed by atoms with E-state index in [-0.39, 0.29) is 11.8 Å². The molecule has 0 aromatic heterocycles. The van der Waals surface area contributed by atoms with E-state index < -0.39 is 0 Å². The largest absolute Gasteiger partial charge is 0.495 e. The summed E-state index contributed by atoms with van der Waals surface area (Å²) in [6.45, 7) is 2.69. The molecule has 0 atom stereocenters. The quantitative estimate of drug-likeness (QED) is 0.715. The Kier molecular flexibility index (Phi) is 7.11. The van der Waals surface area contributed by atoms with Gasteiger partial charge in [-0.15, -0.1) is 0 Å².